The highest BCUT2D eigenvalue weighted by molar-refractivity contribution is 6.29. The third-order valence-corrected chi connectivity index (χ3v) is 6.40. The molecule has 0 saturated carbocycles. The summed E-state index contributed by atoms with van der Waals surface area (Å²) in [5.41, 5.74) is 23.9. The molecule has 0 fully saturated rings. The highest BCUT2D eigenvalue weighted by Gasteiger charge is 2.15. The van der Waals surface area contributed by atoms with E-state index in [4.69, 9.17) is 33.8 Å². The maximum atomic E-state index is 6.62. The third kappa shape index (κ3) is 7.54. The van der Waals surface area contributed by atoms with Crippen molar-refractivity contribution in [3.63, 3.8) is 0 Å². The van der Waals surface area contributed by atoms with Crippen LogP contribution in [-0.4, -0.2) is 34.8 Å². The average molecular weight is 519 g/mol. The molecule has 0 aliphatic heterocycles. The van der Waals surface area contributed by atoms with Crippen molar-refractivity contribution in [2.75, 3.05) is 13.6 Å². The first-order valence-electron chi connectivity index (χ1n) is 12.3. The molecule has 3 heterocycles. The molecule has 2 atom stereocenters. The van der Waals surface area contributed by atoms with Crippen LogP contribution in [0.4, 0.5) is 0 Å². The zero-order chi connectivity index (χ0) is 26.8. The van der Waals surface area contributed by atoms with Gasteiger partial charge in [0.2, 0.25) is 0 Å². The first kappa shape index (κ1) is 27.7. The number of allylic oxidation sites excluding steroid dienone is 3. The molecule has 0 aromatic carbocycles. The van der Waals surface area contributed by atoms with Crippen molar-refractivity contribution >= 4 is 40.1 Å². The van der Waals surface area contributed by atoms with Crippen LogP contribution in [-0.2, 0) is 0 Å². The number of hydrogen-bond acceptors (Lipinski definition) is 8. The van der Waals surface area contributed by atoms with Gasteiger partial charge in [0, 0.05) is 60.8 Å². The fourth-order valence-corrected chi connectivity index (χ4v) is 4.25. The van der Waals surface area contributed by atoms with E-state index in [0.717, 1.165) is 40.6 Å². The Balaban J connectivity index is 1.87. The summed E-state index contributed by atoms with van der Waals surface area (Å²) in [6.07, 6.45) is 12.4. The second-order valence-corrected chi connectivity index (χ2v) is 9.30. The van der Waals surface area contributed by atoms with E-state index >= 15 is 0 Å². The smallest absolute Gasteiger partial charge is 0.129 e. The Labute approximate surface area is 223 Å². The van der Waals surface area contributed by atoms with Crippen molar-refractivity contribution in [3.05, 3.63) is 88.9 Å². The number of nitrogens with one attached hydrogen (secondary N) is 1. The minimum Gasteiger partial charge on any atom is -0.404 e. The molecule has 194 valence electrons. The van der Waals surface area contributed by atoms with Crippen LogP contribution in [0.1, 0.15) is 37.8 Å². The molecular weight excluding hydrogens is 484 g/mol. The van der Waals surface area contributed by atoms with Crippen molar-refractivity contribution in [2.45, 2.75) is 26.7 Å². The second-order valence-electron chi connectivity index (χ2n) is 8.92. The summed E-state index contributed by atoms with van der Waals surface area (Å²) in [4.78, 5) is 17.8. The van der Waals surface area contributed by atoms with Crippen LogP contribution < -0.4 is 22.5 Å². The molecule has 0 radical (unpaired) electrons. The molecule has 0 bridgehead atoms. The lowest BCUT2D eigenvalue weighted by Crippen LogP contribution is -2.17. The molecule has 3 aromatic rings. The van der Waals surface area contributed by atoms with Crippen molar-refractivity contribution in [1.82, 2.24) is 20.3 Å². The quantitative estimate of drug-likeness (QED) is 0.166. The van der Waals surface area contributed by atoms with E-state index in [1.165, 1.54) is 0 Å². The van der Waals surface area contributed by atoms with Crippen molar-refractivity contribution < 1.29 is 0 Å². The molecule has 7 N–H and O–H groups in total. The van der Waals surface area contributed by atoms with Gasteiger partial charge in [-0.05, 0) is 72.9 Å². The van der Waals surface area contributed by atoms with Crippen LogP contribution in [0.5, 0.6) is 0 Å². The number of rotatable bonds is 11. The fraction of sp³-hybridized carbons (Fsp3) is 0.286. The Morgan fingerprint density at radius 2 is 1.89 bits per heavy atom. The Morgan fingerprint density at radius 1 is 1.14 bits per heavy atom. The molecule has 3 rings (SSSR count). The van der Waals surface area contributed by atoms with Gasteiger partial charge in [0.1, 0.15) is 5.15 Å². The molecule has 0 aliphatic rings. The summed E-state index contributed by atoms with van der Waals surface area (Å²) in [6.45, 7) is 4.95. The first-order valence-corrected chi connectivity index (χ1v) is 12.6. The average Bonchev–Trinajstić information content (AvgIpc) is 2.92. The van der Waals surface area contributed by atoms with Crippen molar-refractivity contribution in [3.8, 4) is 0 Å². The van der Waals surface area contributed by atoms with Crippen molar-refractivity contribution in [1.29, 1.82) is 0 Å². The number of aliphatic imine (C=N–C) groups is 1. The topological polar surface area (TPSA) is 141 Å². The van der Waals surface area contributed by atoms with E-state index in [0.29, 0.717) is 34.7 Å². The number of nitrogens with zero attached hydrogens (tertiary/aromatic N) is 4. The van der Waals surface area contributed by atoms with E-state index in [-0.39, 0.29) is 5.92 Å². The van der Waals surface area contributed by atoms with Gasteiger partial charge >= 0.3 is 0 Å². The molecule has 0 spiro atoms. The molecule has 0 aliphatic carbocycles. The molecule has 8 nitrogen and oxygen atoms in total. The predicted octanol–water partition coefficient (Wildman–Crippen LogP) is 4.49. The molecule has 2 unspecified atom stereocenters. The van der Waals surface area contributed by atoms with Gasteiger partial charge in [0.05, 0.1) is 16.9 Å². The normalized spacial score (nSPS) is 15.0. The number of fused-ring (bicyclic) bond motifs is 1. The first-order chi connectivity index (χ1) is 17.9. The Hall–Kier alpha value is -3.91. The summed E-state index contributed by atoms with van der Waals surface area (Å²) in [6, 6.07) is 9.22. The number of halogens is 1. The summed E-state index contributed by atoms with van der Waals surface area (Å²) in [5.74, 6) is 1.17. The Kier molecular flexibility index (Phi) is 10.0. The minimum absolute atomic E-state index is 0.277. The fourth-order valence-electron chi connectivity index (χ4n) is 4.09. The zero-order valence-electron chi connectivity index (χ0n) is 21.5. The SMILES string of the molecule is CCC(CC(C)CN=CC(=C(N)c1ccncc1)c1cnc2ccc(Cl)nc2c1)C(C=C(N)NC)=CN. The second kappa shape index (κ2) is 13.4. The van der Waals surface area contributed by atoms with Gasteiger partial charge in [-0.2, -0.15) is 0 Å². The Bertz CT molecular complexity index is 1310. The monoisotopic (exact) mass is 518 g/mol. The van der Waals surface area contributed by atoms with Gasteiger partial charge in [0.15, 0.2) is 0 Å². The van der Waals surface area contributed by atoms with Gasteiger partial charge in [-0.1, -0.05) is 25.4 Å². The van der Waals surface area contributed by atoms with Crippen LogP contribution in [0, 0.1) is 11.8 Å². The molecule has 0 saturated heterocycles. The minimum atomic E-state index is 0.277. The number of nitrogens with two attached hydrogens (primary N) is 3. The molecule has 3 aromatic heterocycles. The van der Waals surface area contributed by atoms with Crippen LogP contribution in [0.15, 0.2) is 77.6 Å². The maximum Gasteiger partial charge on any atom is 0.129 e. The standard InChI is InChI=1S/C28H35ClN8/c1-4-19(21(14-30)13-27(31)33-3)11-18(2)15-35-17-23(28(32)20-7-9-34-10-8-20)22-12-25-24(36-16-22)5-6-26(29)37-25/h5-10,12-14,16-19,33H,4,11,15,30-32H2,1-3H3. The highest BCUT2D eigenvalue weighted by atomic mass is 35.5. The number of pyridine rings is 3. The summed E-state index contributed by atoms with van der Waals surface area (Å²) in [5, 5.41) is 3.35. The lowest BCUT2D eigenvalue weighted by molar-refractivity contribution is 0.434. The van der Waals surface area contributed by atoms with Gasteiger partial charge in [-0.25, -0.2) is 4.98 Å². The third-order valence-electron chi connectivity index (χ3n) is 6.19. The summed E-state index contributed by atoms with van der Waals surface area (Å²) >= 11 is 6.11. The van der Waals surface area contributed by atoms with Gasteiger partial charge < -0.3 is 22.5 Å². The van der Waals surface area contributed by atoms with Crippen molar-refractivity contribution in [2.24, 2.45) is 34.0 Å². The molecule has 37 heavy (non-hydrogen) atoms. The molecule has 9 heteroatoms. The maximum absolute atomic E-state index is 6.62. The van der Waals surface area contributed by atoms with Crippen LogP contribution in [0.3, 0.4) is 0 Å². The lowest BCUT2D eigenvalue weighted by atomic mass is 9.87. The molecule has 0 amide bonds. The predicted molar refractivity (Wildman–Crippen MR) is 154 cm³/mol. The van der Waals surface area contributed by atoms with Gasteiger partial charge in [-0.15, -0.1) is 0 Å². The van der Waals surface area contributed by atoms with Gasteiger partial charge in [0.25, 0.3) is 0 Å². The lowest BCUT2D eigenvalue weighted by Gasteiger charge is -2.20. The van der Waals surface area contributed by atoms with E-state index in [1.807, 2.05) is 36.6 Å². The van der Waals surface area contributed by atoms with Crippen LogP contribution in [0.25, 0.3) is 22.3 Å². The van der Waals surface area contributed by atoms with Crippen LogP contribution >= 0.6 is 11.6 Å². The Morgan fingerprint density at radius 3 is 2.57 bits per heavy atom. The van der Waals surface area contributed by atoms with E-state index < -0.39 is 0 Å². The van der Waals surface area contributed by atoms with E-state index in [1.54, 1.807) is 37.9 Å². The van der Waals surface area contributed by atoms with E-state index in [2.05, 4.69) is 34.1 Å². The van der Waals surface area contributed by atoms with Gasteiger partial charge in [-0.3, -0.25) is 15.0 Å². The number of hydrogen-bond donors (Lipinski definition) is 4. The zero-order valence-corrected chi connectivity index (χ0v) is 22.3. The highest BCUT2D eigenvalue weighted by Crippen LogP contribution is 2.26. The molecular formula is C28H35ClN8. The summed E-state index contributed by atoms with van der Waals surface area (Å²) < 4.78 is 0. The summed E-state index contributed by atoms with van der Waals surface area (Å²) in [7, 11) is 1.79. The van der Waals surface area contributed by atoms with Crippen LogP contribution in [0.2, 0.25) is 5.15 Å². The largest absolute Gasteiger partial charge is 0.404 e. The number of aromatic nitrogens is 3. The van der Waals surface area contributed by atoms with E-state index in [9.17, 15) is 0 Å².